The Hall–Kier alpha value is -7.16. The first-order valence-electron chi connectivity index (χ1n) is 29.6. The van der Waals surface area contributed by atoms with Gasteiger partial charge in [-0.1, -0.05) is 24.3 Å². The van der Waals surface area contributed by atoms with Gasteiger partial charge in [-0.3, -0.25) is 9.80 Å². The highest BCUT2D eigenvalue weighted by atomic mass is 32.1. The Labute approximate surface area is 525 Å². The fourth-order valence-electron chi connectivity index (χ4n) is 12.3. The fourth-order valence-corrected chi connectivity index (χ4v) is 13.8. The van der Waals surface area contributed by atoms with Crippen molar-refractivity contribution in [2.75, 3.05) is 66.6 Å². The number of furan rings is 2. The van der Waals surface area contributed by atoms with Crippen molar-refractivity contribution in [2.45, 2.75) is 130 Å². The third-order valence-electron chi connectivity index (χ3n) is 17.1. The molecule has 12 rings (SSSR count). The molecule has 0 saturated carbocycles. The summed E-state index contributed by atoms with van der Waals surface area (Å²) in [5.41, 5.74) is 2.65. The van der Waals surface area contributed by atoms with Crippen LogP contribution in [0.2, 0.25) is 0 Å². The molecule has 0 N–H and O–H groups in total. The number of amides is 2. The summed E-state index contributed by atoms with van der Waals surface area (Å²) in [6.45, 7) is 17.0. The van der Waals surface area contributed by atoms with Gasteiger partial charge in [0.1, 0.15) is 71.2 Å². The Morgan fingerprint density at radius 2 is 0.900 bits per heavy atom. The lowest BCUT2D eigenvalue weighted by Crippen LogP contribution is -2.65. The average molecular weight is 1310 g/mol. The second kappa shape index (κ2) is 31.2. The molecule has 4 aromatic heterocycles. The summed E-state index contributed by atoms with van der Waals surface area (Å²) in [4.78, 5) is 50.9. The van der Waals surface area contributed by atoms with Crippen molar-refractivity contribution in [3.05, 3.63) is 150 Å². The quantitative estimate of drug-likeness (QED) is 0.0521. The third-order valence-corrected chi connectivity index (χ3v) is 19.0. The minimum absolute atomic E-state index is 0.108. The second-order valence-electron chi connectivity index (χ2n) is 23.3. The van der Waals surface area contributed by atoms with E-state index in [9.17, 15) is 44.7 Å². The van der Waals surface area contributed by atoms with E-state index in [1.807, 2.05) is 62.5 Å². The first-order valence-corrected chi connectivity index (χ1v) is 31.3. The molecule has 0 spiro atoms. The number of carbonyl (C=O) groups excluding carboxylic acids is 4. The lowest BCUT2D eigenvalue weighted by molar-refractivity contribution is -0.946. The van der Waals surface area contributed by atoms with Gasteiger partial charge in [-0.15, -0.1) is 22.7 Å². The summed E-state index contributed by atoms with van der Waals surface area (Å²) in [5, 5.41) is 21.8. The number of quaternary nitrogens is 2. The van der Waals surface area contributed by atoms with E-state index >= 15 is 0 Å². The van der Waals surface area contributed by atoms with E-state index in [4.69, 9.17) is 47.6 Å². The van der Waals surface area contributed by atoms with Crippen molar-refractivity contribution in [3.8, 4) is 11.5 Å². The number of fused-ring (bicyclic) bond motifs is 6. The number of aliphatic carboxylic acids is 2. The number of benzene rings is 2. The number of thiophene rings is 2. The summed E-state index contributed by atoms with van der Waals surface area (Å²) in [6.07, 6.45) is -2.54. The van der Waals surface area contributed by atoms with Crippen LogP contribution < -0.4 is 19.7 Å². The number of piperidine rings is 6. The fraction of sp³-hybridized carbons (Fsp3) is 0.500. The van der Waals surface area contributed by atoms with Gasteiger partial charge in [0.2, 0.25) is 0 Å². The number of carboxylic acids is 2. The van der Waals surface area contributed by atoms with Crippen LogP contribution in [0.3, 0.4) is 0 Å². The monoisotopic (exact) mass is 1310 g/mol. The van der Waals surface area contributed by atoms with Crippen molar-refractivity contribution in [1.82, 2.24) is 9.80 Å². The first-order chi connectivity index (χ1) is 42.6. The molecule has 492 valence electrons. The molecule has 4 bridgehead atoms. The molecule has 0 radical (unpaired) electrons. The van der Waals surface area contributed by atoms with E-state index < -0.39 is 48.1 Å². The minimum atomic E-state index is -5.19. The number of hydrogen-bond donors (Lipinski definition) is 0. The Balaban J connectivity index is 0.000000211. The molecular formula is C64H76F8N4O12S2. The summed E-state index contributed by atoms with van der Waals surface area (Å²) in [6, 6.07) is 22.0. The Kier molecular flexibility index (Phi) is 24.4. The van der Waals surface area contributed by atoms with Gasteiger partial charge in [0.15, 0.2) is 12.2 Å². The molecule has 2 amide bonds. The number of rotatable bonds is 20. The number of nitrogens with zero attached hydrogens (tertiary/aromatic N) is 4. The third kappa shape index (κ3) is 19.9. The maximum Gasteiger partial charge on any atom is 0.430 e. The zero-order chi connectivity index (χ0) is 65.6. The highest BCUT2D eigenvalue weighted by Crippen LogP contribution is 2.39. The standard InChI is InChI=1S/2C30H38FN2O4S.2C2HF3O2/c2*1-21-16-25(22(2)36-21)19-32(18-24-8-9-26(35-3)17-28(24)31)30(34)37-29-20-33(13-10-23(29)11-14-33)12-4-6-27-7-5-15-38-27;2*3-2(4,5)1(6)7/h2*5,7-9,15-17,23,29H,4,6,10-14,18-20H2,1-3H3;2*(H,6,7)/q2*+1;;/p-2/t2*23?,29-,33?;;/m00../s1. The molecule has 0 aliphatic carbocycles. The van der Waals surface area contributed by atoms with Gasteiger partial charge in [-0.2, -0.15) is 26.3 Å². The first kappa shape index (κ1) is 70.3. The van der Waals surface area contributed by atoms with Gasteiger partial charge in [-0.05, 0) is 87.7 Å². The summed E-state index contributed by atoms with van der Waals surface area (Å²) in [5.74, 6) is -2.05. The molecule has 6 aliphatic rings. The molecule has 90 heavy (non-hydrogen) atoms. The van der Waals surface area contributed by atoms with Crippen LogP contribution in [-0.2, 0) is 58.1 Å². The number of carbonyl (C=O) groups is 4. The van der Waals surface area contributed by atoms with Crippen molar-refractivity contribution >= 4 is 46.8 Å². The Morgan fingerprint density at radius 1 is 0.556 bits per heavy atom. The van der Waals surface area contributed by atoms with Crippen LogP contribution >= 0.6 is 22.7 Å². The molecule has 0 unspecified atom stereocenters. The molecule has 26 heteroatoms. The largest absolute Gasteiger partial charge is 0.542 e. The zero-order valence-corrected chi connectivity index (χ0v) is 52.7. The van der Waals surface area contributed by atoms with Crippen molar-refractivity contribution in [1.29, 1.82) is 0 Å². The predicted molar refractivity (Wildman–Crippen MR) is 314 cm³/mol. The molecule has 10 heterocycles. The van der Waals surface area contributed by atoms with Crippen LogP contribution in [0.4, 0.5) is 44.7 Å². The number of alkyl halides is 6. The SMILES string of the molecule is COc1ccc(CN(Cc2cc(C)oc2C)C(=O)O[C@H]2C[N+]3(CCCc4cccs4)CCC2CC3)c(F)c1.COc1ccc(CN(Cc2cc(C)oc2C)C(=O)O[C@H]2C[N+]3(CCCc4cccs4)CCC2CC3)c(F)c1.O=C([O-])C(F)(F)F.O=C([O-])C(F)(F)F. The van der Waals surface area contributed by atoms with Crippen molar-refractivity contribution in [2.24, 2.45) is 11.8 Å². The maximum atomic E-state index is 14.9. The van der Waals surface area contributed by atoms with E-state index in [1.54, 1.807) is 34.1 Å². The van der Waals surface area contributed by atoms with E-state index in [-0.39, 0.29) is 25.3 Å². The molecule has 2 aromatic carbocycles. The minimum Gasteiger partial charge on any atom is -0.542 e. The van der Waals surface area contributed by atoms with E-state index in [0.29, 0.717) is 47.6 Å². The van der Waals surface area contributed by atoms with Crippen LogP contribution in [0.25, 0.3) is 0 Å². The van der Waals surface area contributed by atoms with Crippen LogP contribution in [0.1, 0.15) is 93.6 Å². The number of carboxylic acid groups (broad SMARTS) is 2. The van der Waals surface area contributed by atoms with Gasteiger partial charge < -0.3 is 56.5 Å². The van der Waals surface area contributed by atoms with Gasteiger partial charge in [0.25, 0.3) is 0 Å². The van der Waals surface area contributed by atoms with E-state index in [1.165, 1.54) is 36.1 Å². The molecule has 2 atom stereocenters. The molecular weight excluding hydrogens is 1230 g/mol. The van der Waals surface area contributed by atoms with Crippen LogP contribution in [0, 0.1) is 51.2 Å². The topological polar surface area (TPSA) is 184 Å². The lowest BCUT2D eigenvalue weighted by Gasteiger charge is -2.52. The Morgan fingerprint density at radius 3 is 1.18 bits per heavy atom. The summed E-state index contributed by atoms with van der Waals surface area (Å²) < 4.78 is 129. The average Bonchev–Trinajstić information content (AvgIpc) is 1.92. The molecule has 6 aromatic rings. The van der Waals surface area contributed by atoms with Gasteiger partial charge in [0.05, 0.1) is 79.7 Å². The smallest absolute Gasteiger partial charge is 0.430 e. The number of methoxy groups -OCH3 is 2. The van der Waals surface area contributed by atoms with Gasteiger partial charge >= 0.3 is 24.5 Å². The van der Waals surface area contributed by atoms with Crippen molar-refractivity contribution in [3.63, 3.8) is 0 Å². The highest BCUT2D eigenvalue weighted by molar-refractivity contribution is 7.10. The lowest BCUT2D eigenvalue weighted by atomic mass is 9.83. The molecule has 6 saturated heterocycles. The molecule has 6 fully saturated rings. The molecule has 16 nitrogen and oxygen atoms in total. The van der Waals surface area contributed by atoms with Gasteiger partial charge in [-0.25, -0.2) is 18.4 Å². The molecule has 6 aliphatic heterocycles. The number of halogens is 8. The second-order valence-corrected chi connectivity index (χ2v) is 25.4. The zero-order valence-electron chi connectivity index (χ0n) is 51.1. The van der Waals surface area contributed by atoms with Crippen molar-refractivity contribution < 1.29 is 101 Å². The van der Waals surface area contributed by atoms with E-state index in [2.05, 4.69) is 35.0 Å². The number of ether oxygens (including phenoxy) is 4. The Bertz CT molecular complexity index is 3080. The number of aryl methyl sites for hydroxylation is 6. The summed E-state index contributed by atoms with van der Waals surface area (Å²) >= 11 is 3.65. The van der Waals surface area contributed by atoms with E-state index in [0.717, 1.165) is 147 Å². The van der Waals surface area contributed by atoms with Gasteiger partial charge in [0, 0.05) is 94.5 Å². The number of hydrogen-bond acceptors (Lipinski definition) is 14. The predicted octanol–water partition coefficient (Wildman–Crippen LogP) is 11.6. The van der Waals surface area contributed by atoms with Crippen LogP contribution in [-0.4, -0.2) is 134 Å². The maximum absolute atomic E-state index is 14.9. The van der Waals surface area contributed by atoms with Crippen LogP contribution in [0.5, 0.6) is 11.5 Å². The highest BCUT2D eigenvalue weighted by Gasteiger charge is 2.49. The summed E-state index contributed by atoms with van der Waals surface area (Å²) in [7, 11) is 3.01. The van der Waals surface area contributed by atoms with Crippen LogP contribution in [0.15, 0.2) is 92.4 Å². The normalized spacial score (nSPS) is 20.7.